The molecule has 0 radical (unpaired) electrons. The summed E-state index contributed by atoms with van der Waals surface area (Å²) in [5.41, 5.74) is 1.70. The molecule has 1 fully saturated rings. The molecule has 1 saturated heterocycles. The molecule has 0 spiro atoms. The van der Waals surface area contributed by atoms with Gasteiger partial charge in [-0.2, -0.15) is 0 Å². The van der Waals surface area contributed by atoms with Crippen LogP contribution in [0.15, 0.2) is 18.2 Å². The molecule has 3 rings (SSSR count). The zero-order valence-electron chi connectivity index (χ0n) is 18.4. The van der Waals surface area contributed by atoms with E-state index >= 15 is 0 Å². The minimum absolute atomic E-state index is 0.159. The van der Waals surface area contributed by atoms with Crippen molar-refractivity contribution in [3.05, 3.63) is 29.3 Å². The van der Waals surface area contributed by atoms with Gasteiger partial charge in [-0.15, -0.1) is 0 Å². The largest absolute Gasteiger partial charge is 0.378 e. The quantitative estimate of drug-likeness (QED) is 0.177. The fraction of sp³-hybridized carbons (Fsp3) is 0.500. The minimum atomic E-state index is -0.692. The van der Waals surface area contributed by atoms with Gasteiger partial charge in [0.05, 0.1) is 13.2 Å². The number of benzene rings is 1. The van der Waals surface area contributed by atoms with Crippen LogP contribution in [0.3, 0.4) is 0 Å². The molecular weight excluding hydrogens is 430 g/mol. The van der Waals surface area contributed by atoms with Crippen molar-refractivity contribution in [2.24, 2.45) is 0 Å². The topological polar surface area (TPSA) is 146 Å². The number of carbonyl (C=O) groups excluding carboxylic acids is 5. The van der Waals surface area contributed by atoms with E-state index in [0.717, 1.165) is 0 Å². The highest BCUT2D eigenvalue weighted by atomic mass is 16.5. The van der Waals surface area contributed by atoms with Crippen molar-refractivity contribution < 1.29 is 28.7 Å². The molecule has 2 aliphatic heterocycles. The van der Waals surface area contributed by atoms with Crippen LogP contribution in [0.2, 0.25) is 0 Å². The Kier molecular flexibility index (Phi) is 8.90. The standard InChI is InChI=1S/C22H29N5O6/c28-14-24-10-12-33-11-9-23-8-2-5-19(29)25-17-4-1-3-15-16(17)13-27(22(15)32)18-6-7-20(30)26-21(18)31/h1,3-4,14,18,23H,2,5-13H2,(H,24,28)(H,25,29)(H,26,30,31). The fourth-order valence-electron chi connectivity index (χ4n) is 3.85. The van der Waals surface area contributed by atoms with E-state index in [2.05, 4.69) is 21.3 Å². The van der Waals surface area contributed by atoms with E-state index in [1.165, 1.54) is 4.90 Å². The van der Waals surface area contributed by atoms with Crippen LogP contribution in [-0.4, -0.2) is 73.8 Å². The fourth-order valence-corrected chi connectivity index (χ4v) is 3.85. The molecule has 0 saturated carbocycles. The number of fused-ring (bicyclic) bond motifs is 1. The number of nitrogens with zero attached hydrogens (tertiary/aromatic N) is 1. The second kappa shape index (κ2) is 12.1. The van der Waals surface area contributed by atoms with Crippen LogP contribution >= 0.6 is 0 Å². The van der Waals surface area contributed by atoms with Gasteiger partial charge in [0.1, 0.15) is 6.04 Å². The number of anilines is 1. The number of ether oxygens (including phenoxy) is 1. The summed E-state index contributed by atoms with van der Waals surface area (Å²) in [5.74, 6) is -1.23. The maximum Gasteiger partial charge on any atom is 0.255 e. The van der Waals surface area contributed by atoms with E-state index in [1.807, 2.05) is 0 Å². The average molecular weight is 460 g/mol. The van der Waals surface area contributed by atoms with Gasteiger partial charge in [0.2, 0.25) is 24.1 Å². The van der Waals surface area contributed by atoms with Crippen LogP contribution in [0.4, 0.5) is 5.69 Å². The number of rotatable bonds is 13. The molecule has 178 valence electrons. The van der Waals surface area contributed by atoms with Crippen molar-refractivity contribution in [1.82, 2.24) is 20.9 Å². The molecule has 11 nitrogen and oxygen atoms in total. The van der Waals surface area contributed by atoms with E-state index in [4.69, 9.17) is 4.74 Å². The summed E-state index contributed by atoms with van der Waals surface area (Å²) in [5, 5.41) is 10.9. The Labute approximate surface area is 191 Å². The van der Waals surface area contributed by atoms with Crippen molar-refractivity contribution in [3.8, 4) is 0 Å². The van der Waals surface area contributed by atoms with Crippen molar-refractivity contribution in [1.29, 1.82) is 0 Å². The van der Waals surface area contributed by atoms with Gasteiger partial charge in [-0.25, -0.2) is 0 Å². The van der Waals surface area contributed by atoms with Crippen LogP contribution in [0.25, 0.3) is 0 Å². The Morgan fingerprint density at radius 3 is 2.79 bits per heavy atom. The number of piperidine rings is 1. The van der Waals surface area contributed by atoms with Gasteiger partial charge in [0.25, 0.3) is 5.91 Å². The summed E-state index contributed by atoms with van der Waals surface area (Å²) in [6.07, 6.45) is 2.06. The van der Waals surface area contributed by atoms with Crippen molar-refractivity contribution in [2.45, 2.75) is 38.3 Å². The van der Waals surface area contributed by atoms with Crippen molar-refractivity contribution in [2.75, 3.05) is 38.2 Å². The van der Waals surface area contributed by atoms with Crippen molar-refractivity contribution in [3.63, 3.8) is 0 Å². The van der Waals surface area contributed by atoms with Gasteiger partial charge in [-0.1, -0.05) is 6.07 Å². The van der Waals surface area contributed by atoms with Gasteiger partial charge in [0.15, 0.2) is 0 Å². The third-order valence-corrected chi connectivity index (χ3v) is 5.51. The molecule has 0 aromatic heterocycles. The van der Waals surface area contributed by atoms with Crippen LogP contribution in [0.5, 0.6) is 0 Å². The molecule has 33 heavy (non-hydrogen) atoms. The monoisotopic (exact) mass is 459 g/mol. The van der Waals surface area contributed by atoms with E-state index in [9.17, 15) is 24.0 Å². The molecule has 0 aliphatic carbocycles. The molecule has 2 heterocycles. The molecule has 2 aliphatic rings. The number of hydrogen-bond acceptors (Lipinski definition) is 7. The Morgan fingerprint density at radius 2 is 2.00 bits per heavy atom. The molecule has 1 atom stereocenters. The lowest BCUT2D eigenvalue weighted by Crippen LogP contribution is -2.52. The van der Waals surface area contributed by atoms with E-state index in [1.54, 1.807) is 18.2 Å². The third-order valence-electron chi connectivity index (χ3n) is 5.51. The summed E-state index contributed by atoms with van der Waals surface area (Å²) >= 11 is 0. The summed E-state index contributed by atoms with van der Waals surface area (Å²) in [6, 6.07) is 4.43. The van der Waals surface area contributed by atoms with Gasteiger partial charge < -0.3 is 25.6 Å². The molecular formula is C22H29N5O6. The highest BCUT2D eigenvalue weighted by Gasteiger charge is 2.39. The Bertz CT molecular complexity index is 905. The maximum absolute atomic E-state index is 12.8. The molecule has 1 aromatic rings. The van der Waals surface area contributed by atoms with Gasteiger partial charge in [0, 0.05) is 49.3 Å². The lowest BCUT2D eigenvalue weighted by atomic mass is 10.0. The van der Waals surface area contributed by atoms with E-state index < -0.39 is 11.9 Å². The molecule has 11 heteroatoms. The SMILES string of the molecule is O=CNCCOCCNCCCC(=O)Nc1cccc2c1CN(C1CCC(=O)NC1=O)C2=O. The van der Waals surface area contributed by atoms with Crippen LogP contribution in [0.1, 0.15) is 41.6 Å². The number of amides is 5. The van der Waals surface area contributed by atoms with E-state index in [0.29, 0.717) is 75.3 Å². The van der Waals surface area contributed by atoms with Crippen LogP contribution in [-0.2, 0) is 30.5 Å². The molecule has 4 N–H and O–H groups in total. The highest BCUT2D eigenvalue weighted by molar-refractivity contribution is 6.06. The summed E-state index contributed by atoms with van der Waals surface area (Å²) in [7, 11) is 0. The first-order valence-corrected chi connectivity index (χ1v) is 11.0. The normalized spacial score (nSPS) is 17.5. The van der Waals surface area contributed by atoms with Crippen LogP contribution < -0.4 is 21.3 Å². The van der Waals surface area contributed by atoms with Gasteiger partial charge >= 0.3 is 0 Å². The number of hydrogen-bond donors (Lipinski definition) is 4. The molecule has 1 aromatic carbocycles. The Balaban J connectivity index is 1.43. The molecule has 0 bridgehead atoms. The average Bonchev–Trinajstić information content (AvgIpc) is 3.12. The second-order valence-corrected chi connectivity index (χ2v) is 7.82. The van der Waals surface area contributed by atoms with Gasteiger partial charge in [-0.05, 0) is 31.5 Å². The number of imide groups is 1. The lowest BCUT2D eigenvalue weighted by Gasteiger charge is -2.29. The third kappa shape index (κ3) is 6.59. The zero-order valence-corrected chi connectivity index (χ0v) is 18.4. The summed E-state index contributed by atoms with van der Waals surface area (Å²) < 4.78 is 5.32. The smallest absolute Gasteiger partial charge is 0.255 e. The predicted molar refractivity (Wildman–Crippen MR) is 118 cm³/mol. The maximum atomic E-state index is 12.8. The van der Waals surface area contributed by atoms with E-state index in [-0.39, 0.29) is 30.7 Å². The molecule has 5 amide bonds. The van der Waals surface area contributed by atoms with Crippen LogP contribution in [0, 0.1) is 0 Å². The predicted octanol–water partition coefficient (Wildman–Crippen LogP) is -0.481. The summed E-state index contributed by atoms with van der Waals surface area (Å²) in [4.78, 5) is 60.4. The minimum Gasteiger partial charge on any atom is -0.378 e. The zero-order chi connectivity index (χ0) is 23.6. The lowest BCUT2D eigenvalue weighted by molar-refractivity contribution is -0.137. The first-order chi connectivity index (χ1) is 16.0. The van der Waals surface area contributed by atoms with Crippen molar-refractivity contribution >= 4 is 35.7 Å². The summed E-state index contributed by atoms with van der Waals surface area (Å²) in [6.45, 7) is 2.95. The Morgan fingerprint density at radius 1 is 1.18 bits per heavy atom. The Hall–Kier alpha value is -3.31. The second-order valence-electron chi connectivity index (χ2n) is 7.82. The highest BCUT2D eigenvalue weighted by Crippen LogP contribution is 2.32. The molecule has 1 unspecified atom stereocenters. The number of nitrogens with one attached hydrogen (secondary N) is 4. The first-order valence-electron chi connectivity index (χ1n) is 11.0. The van der Waals surface area contributed by atoms with Gasteiger partial charge in [-0.3, -0.25) is 29.3 Å². The first kappa shape index (κ1) is 24.3. The number of carbonyl (C=O) groups is 5.